The SMILES string of the molecule is COc1c(C)c2ccccc2c2ccccc12. The summed E-state index contributed by atoms with van der Waals surface area (Å²) in [5.74, 6) is 0.985. The van der Waals surface area contributed by atoms with E-state index >= 15 is 0 Å². The van der Waals surface area contributed by atoms with E-state index in [4.69, 9.17) is 4.74 Å². The van der Waals surface area contributed by atoms with Crippen molar-refractivity contribution < 1.29 is 4.74 Å². The van der Waals surface area contributed by atoms with Crippen LogP contribution in [-0.4, -0.2) is 7.11 Å². The monoisotopic (exact) mass is 222 g/mol. The van der Waals surface area contributed by atoms with Crippen molar-refractivity contribution in [2.45, 2.75) is 6.92 Å². The van der Waals surface area contributed by atoms with Crippen molar-refractivity contribution in [1.29, 1.82) is 0 Å². The quantitative estimate of drug-likeness (QED) is 0.557. The molecule has 0 heterocycles. The minimum absolute atomic E-state index is 0.985. The smallest absolute Gasteiger partial charge is 0.130 e. The van der Waals surface area contributed by atoms with Crippen molar-refractivity contribution in [2.75, 3.05) is 7.11 Å². The van der Waals surface area contributed by atoms with E-state index in [1.54, 1.807) is 7.11 Å². The average Bonchev–Trinajstić information content (AvgIpc) is 2.40. The highest BCUT2D eigenvalue weighted by Gasteiger charge is 2.10. The third-order valence-electron chi connectivity index (χ3n) is 3.34. The van der Waals surface area contributed by atoms with Crippen molar-refractivity contribution in [3.8, 4) is 5.75 Å². The van der Waals surface area contributed by atoms with Gasteiger partial charge in [0.15, 0.2) is 0 Å². The number of hydrogen-bond acceptors (Lipinski definition) is 1. The fraction of sp³-hybridized carbons (Fsp3) is 0.125. The summed E-state index contributed by atoms with van der Waals surface area (Å²) in [4.78, 5) is 0. The molecule has 0 saturated heterocycles. The van der Waals surface area contributed by atoms with E-state index in [0.29, 0.717) is 0 Å². The maximum atomic E-state index is 5.57. The zero-order valence-electron chi connectivity index (χ0n) is 10.0. The fourth-order valence-corrected chi connectivity index (χ4v) is 2.55. The van der Waals surface area contributed by atoms with Gasteiger partial charge in [-0.05, 0) is 28.6 Å². The lowest BCUT2D eigenvalue weighted by Crippen LogP contribution is -1.91. The van der Waals surface area contributed by atoms with Crippen LogP contribution >= 0.6 is 0 Å². The Bertz CT molecular complexity index is 698. The van der Waals surface area contributed by atoms with Gasteiger partial charge in [-0.25, -0.2) is 0 Å². The summed E-state index contributed by atoms with van der Waals surface area (Å²) in [6, 6.07) is 16.9. The summed E-state index contributed by atoms with van der Waals surface area (Å²) >= 11 is 0. The molecular weight excluding hydrogens is 208 g/mol. The average molecular weight is 222 g/mol. The molecule has 0 aliphatic rings. The first-order chi connectivity index (χ1) is 8.33. The van der Waals surface area contributed by atoms with E-state index in [-0.39, 0.29) is 0 Å². The normalized spacial score (nSPS) is 10.9. The molecule has 3 rings (SSSR count). The number of benzene rings is 3. The second kappa shape index (κ2) is 3.77. The minimum Gasteiger partial charge on any atom is -0.496 e. The van der Waals surface area contributed by atoms with Crippen LogP contribution in [0.25, 0.3) is 21.5 Å². The molecule has 0 spiro atoms. The number of rotatable bonds is 1. The van der Waals surface area contributed by atoms with E-state index in [1.165, 1.54) is 27.1 Å². The van der Waals surface area contributed by atoms with Gasteiger partial charge in [0.05, 0.1) is 7.11 Å². The van der Waals surface area contributed by atoms with Crippen LogP contribution in [0.15, 0.2) is 48.5 Å². The van der Waals surface area contributed by atoms with E-state index in [0.717, 1.165) is 5.75 Å². The first-order valence-corrected chi connectivity index (χ1v) is 5.77. The van der Waals surface area contributed by atoms with Crippen molar-refractivity contribution >= 4 is 21.5 Å². The largest absolute Gasteiger partial charge is 0.496 e. The number of methoxy groups -OCH3 is 1. The third-order valence-corrected chi connectivity index (χ3v) is 3.34. The van der Waals surface area contributed by atoms with Crippen LogP contribution in [-0.2, 0) is 0 Å². The molecule has 3 aromatic carbocycles. The van der Waals surface area contributed by atoms with Gasteiger partial charge in [-0.15, -0.1) is 0 Å². The number of hydrogen-bond donors (Lipinski definition) is 0. The van der Waals surface area contributed by atoms with Gasteiger partial charge in [-0.3, -0.25) is 0 Å². The van der Waals surface area contributed by atoms with Gasteiger partial charge in [0, 0.05) is 5.39 Å². The van der Waals surface area contributed by atoms with Crippen LogP contribution in [0.1, 0.15) is 5.56 Å². The zero-order valence-corrected chi connectivity index (χ0v) is 10.0. The highest BCUT2D eigenvalue weighted by atomic mass is 16.5. The van der Waals surface area contributed by atoms with Gasteiger partial charge >= 0.3 is 0 Å². The molecule has 0 N–H and O–H groups in total. The van der Waals surface area contributed by atoms with Gasteiger partial charge in [-0.1, -0.05) is 48.5 Å². The summed E-state index contributed by atoms with van der Waals surface area (Å²) in [6.07, 6.45) is 0. The molecule has 0 fully saturated rings. The zero-order chi connectivity index (χ0) is 11.8. The van der Waals surface area contributed by atoms with Crippen LogP contribution in [0.5, 0.6) is 5.75 Å². The summed E-state index contributed by atoms with van der Waals surface area (Å²) < 4.78 is 5.57. The van der Waals surface area contributed by atoms with Crippen molar-refractivity contribution in [3.05, 3.63) is 54.1 Å². The molecule has 3 aromatic rings. The molecule has 0 aliphatic carbocycles. The Kier molecular flexibility index (Phi) is 2.25. The molecule has 0 aromatic heterocycles. The van der Waals surface area contributed by atoms with Gasteiger partial charge in [0.1, 0.15) is 5.75 Å². The van der Waals surface area contributed by atoms with Gasteiger partial charge in [0.25, 0.3) is 0 Å². The van der Waals surface area contributed by atoms with E-state index in [9.17, 15) is 0 Å². The molecule has 0 saturated carbocycles. The summed E-state index contributed by atoms with van der Waals surface area (Å²) in [6.45, 7) is 2.12. The Morgan fingerprint density at radius 3 is 1.76 bits per heavy atom. The van der Waals surface area contributed by atoms with Crippen LogP contribution in [0.3, 0.4) is 0 Å². The molecular formula is C16H14O. The molecule has 1 nitrogen and oxygen atoms in total. The third kappa shape index (κ3) is 1.39. The van der Waals surface area contributed by atoms with Gasteiger partial charge in [-0.2, -0.15) is 0 Å². The second-order valence-corrected chi connectivity index (χ2v) is 4.25. The molecule has 0 amide bonds. The van der Waals surface area contributed by atoms with E-state index < -0.39 is 0 Å². The predicted octanol–water partition coefficient (Wildman–Crippen LogP) is 4.31. The maximum absolute atomic E-state index is 5.57. The van der Waals surface area contributed by atoms with E-state index in [1.807, 2.05) is 0 Å². The fourth-order valence-electron chi connectivity index (χ4n) is 2.55. The molecule has 1 heteroatoms. The Labute approximate surface area is 101 Å². The molecule has 17 heavy (non-hydrogen) atoms. The molecule has 0 aliphatic heterocycles. The number of ether oxygens (including phenoxy) is 1. The standard InChI is InChI=1S/C16H14O/c1-11-12-7-3-4-8-13(12)14-9-5-6-10-15(14)16(11)17-2/h3-10H,1-2H3. The molecule has 0 atom stereocenters. The molecule has 0 radical (unpaired) electrons. The minimum atomic E-state index is 0.985. The van der Waals surface area contributed by atoms with Gasteiger partial charge < -0.3 is 4.74 Å². The first kappa shape index (κ1) is 10.2. The predicted molar refractivity (Wildman–Crippen MR) is 72.7 cm³/mol. The van der Waals surface area contributed by atoms with Crippen LogP contribution in [0.4, 0.5) is 0 Å². The second-order valence-electron chi connectivity index (χ2n) is 4.25. The highest BCUT2D eigenvalue weighted by molar-refractivity contribution is 6.12. The summed E-state index contributed by atoms with van der Waals surface area (Å²) in [7, 11) is 1.74. The topological polar surface area (TPSA) is 9.23 Å². The maximum Gasteiger partial charge on any atom is 0.130 e. The lowest BCUT2D eigenvalue weighted by Gasteiger charge is -2.13. The van der Waals surface area contributed by atoms with Crippen LogP contribution in [0, 0.1) is 6.92 Å². The van der Waals surface area contributed by atoms with Gasteiger partial charge in [0.2, 0.25) is 0 Å². The lowest BCUT2D eigenvalue weighted by atomic mass is 9.97. The molecule has 84 valence electrons. The van der Waals surface area contributed by atoms with Crippen molar-refractivity contribution in [2.24, 2.45) is 0 Å². The Morgan fingerprint density at radius 1 is 0.706 bits per heavy atom. The molecule has 0 bridgehead atoms. The highest BCUT2D eigenvalue weighted by Crippen LogP contribution is 2.36. The van der Waals surface area contributed by atoms with Crippen molar-refractivity contribution in [1.82, 2.24) is 0 Å². The Hall–Kier alpha value is -2.02. The van der Waals surface area contributed by atoms with E-state index in [2.05, 4.69) is 55.5 Å². The van der Waals surface area contributed by atoms with Crippen molar-refractivity contribution in [3.63, 3.8) is 0 Å². The van der Waals surface area contributed by atoms with Crippen LogP contribution < -0.4 is 4.74 Å². The van der Waals surface area contributed by atoms with Crippen LogP contribution in [0.2, 0.25) is 0 Å². The molecule has 0 unspecified atom stereocenters. The Morgan fingerprint density at radius 2 is 1.18 bits per heavy atom. The number of aryl methyl sites for hydroxylation is 1. The first-order valence-electron chi connectivity index (χ1n) is 5.77. The number of fused-ring (bicyclic) bond motifs is 3. The summed E-state index contributed by atoms with van der Waals surface area (Å²) in [5, 5.41) is 5.00. The Balaban J connectivity index is 2.64. The lowest BCUT2D eigenvalue weighted by molar-refractivity contribution is 0.417. The summed E-state index contributed by atoms with van der Waals surface area (Å²) in [5.41, 5.74) is 1.21.